The Hall–Kier alpha value is -1.22. The van der Waals surface area contributed by atoms with E-state index < -0.39 is 0 Å². The molecular weight excluding hydrogens is 224 g/mol. The van der Waals surface area contributed by atoms with Crippen LogP contribution in [0.4, 0.5) is 5.69 Å². The minimum atomic E-state index is 0.690. The van der Waals surface area contributed by atoms with Gasteiger partial charge in [-0.1, -0.05) is 13.8 Å². The molecule has 0 aliphatic carbocycles. The molecule has 100 valence electrons. The summed E-state index contributed by atoms with van der Waals surface area (Å²) >= 11 is 0. The largest absolute Gasteiger partial charge is 0.497 e. The molecule has 1 aliphatic rings. The lowest BCUT2D eigenvalue weighted by atomic mass is 10.0. The highest BCUT2D eigenvalue weighted by molar-refractivity contribution is 5.50. The third-order valence-corrected chi connectivity index (χ3v) is 3.91. The second-order valence-corrected chi connectivity index (χ2v) is 5.49. The van der Waals surface area contributed by atoms with Crippen molar-refractivity contribution >= 4 is 5.69 Å². The molecule has 0 spiro atoms. The van der Waals surface area contributed by atoms with Gasteiger partial charge < -0.3 is 10.5 Å². The number of likely N-dealkylation sites (tertiary alicyclic amines) is 1. The molecule has 2 N–H and O–H groups in total. The van der Waals surface area contributed by atoms with E-state index in [1.54, 1.807) is 7.11 Å². The Morgan fingerprint density at radius 1 is 1.44 bits per heavy atom. The van der Waals surface area contributed by atoms with E-state index in [1.807, 2.05) is 12.1 Å². The summed E-state index contributed by atoms with van der Waals surface area (Å²) < 4.78 is 5.27. The molecule has 1 saturated heterocycles. The van der Waals surface area contributed by atoms with Crippen LogP contribution in [0.25, 0.3) is 0 Å². The Morgan fingerprint density at radius 2 is 2.22 bits per heavy atom. The summed E-state index contributed by atoms with van der Waals surface area (Å²) in [7, 11) is 1.70. The van der Waals surface area contributed by atoms with Crippen molar-refractivity contribution in [2.45, 2.75) is 39.3 Å². The predicted molar refractivity (Wildman–Crippen MR) is 75.7 cm³/mol. The molecule has 1 heterocycles. The van der Waals surface area contributed by atoms with Gasteiger partial charge in [0, 0.05) is 18.3 Å². The second-order valence-electron chi connectivity index (χ2n) is 5.49. The van der Waals surface area contributed by atoms with Crippen LogP contribution in [0.1, 0.15) is 32.3 Å². The van der Waals surface area contributed by atoms with Crippen molar-refractivity contribution < 1.29 is 4.74 Å². The second kappa shape index (κ2) is 5.61. The zero-order valence-electron chi connectivity index (χ0n) is 11.6. The molecule has 2 rings (SSSR count). The van der Waals surface area contributed by atoms with Crippen LogP contribution in [0, 0.1) is 5.92 Å². The average Bonchev–Trinajstić information content (AvgIpc) is 2.80. The first kappa shape index (κ1) is 13.2. The molecule has 18 heavy (non-hydrogen) atoms. The standard InChI is InChI=1S/C15H24N2O/c1-11(2)15-5-4-8-17(15)10-12-9-13(18-3)6-7-14(12)16/h6-7,9,11,15H,4-5,8,10,16H2,1-3H3. The Morgan fingerprint density at radius 3 is 2.89 bits per heavy atom. The van der Waals surface area contributed by atoms with Crippen LogP contribution in [0.3, 0.4) is 0 Å². The topological polar surface area (TPSA) is 38.5 Å². The van der Waals surface area contributed by atoms with Gasteiger partial charge in [-0.15, -0.1) is 0 Å². The van der Waals surface area contributed by atoms with Gasteiger partial charge in [0.05, 0.1) is 7.11 Å². The van der Waals surface area contributed by atoms with E-state index >= 15 is 0 Å². The van der Waals surface area contributed by atoms with Gasteiger partial charge in [-0.05, 0) is 49.1 Å². The fourth-order valence-electron chi connectivity index (χ4n) is 2.87. The smallest absolute Gasteiger partial charge is 0.119 e. The zero-order valence-corrected chi connectivity index (χ0v) is 11.6. The monoisotopic (exact) mass is 248 g/mol. The van der Waals surface area contributed by atoms with Crippen molar-refractivity contribution in [2.75, 3.05) is 19.4 Å². The molecule has 1 atom stereocenters. The number of methoxy groups -OCH3 is 1. The van der Waals surface area contributed by atoms with Gasteiger partial charge in [-0.25, -0.2) is 0 Å². The molecule has 3 nitrogen and oxygen atoms in total. The Bertz CT molecular complexity index is 403. The lowest BCUT2D eigenvalue weighted by molar-refractivity contribution is 0.199. The summed E-state index contributed by atoms with van der Waals surface area (Å²) in [6, 6.07) is 6.61. The highest BCUT2D eigenvalue weighted by Gasteiger charge is 2.27. The summed E-state index contributed by atoms with van der Waals surface area (Å²) in [5.41, 5.74) is 8.11. The van der Waals surface area contributed by atoms with E-state index in [2.05, 4.69) is 24.8 Å². The molecule has 1 aromatic rings. The molecule has 0 amide bonds. The third kappa shape index (κ3) is 2.78. The first-order valence-electron chi connectivity index (χ1n) is 6.78. The highest BCUT2D eigenvalue weighted by Crippen LogP contribution is 2.28. The van der Waals surface area contributed by atoms with Gasteiger partial charge in [0.2, 0.25) is 0 Å². The number of benzene rings is 1. The normalized spacial score (nSPS) is 20.6. The molecule has 1 aromatic carbocycles. The van der Waals surface area contributed by atoms with Crippen molar-refractivity contribution in [2.24, 2.45) is 5.92 Å². The number of rotatable bonds is 4. The molecule has 1 fully saturated rings. The fourth-order valence-corrected chi connectivity index (χ4v) is 2.87. The Labute approximate surface area is 110 Å². The molecule has 1 aliphatic heterocycles. The number of hydrogen-bond donors (Lipinski definition) is 1. The van der Waals surface area contributed by atoms with E-state index in [9.17, 15) is 0 Å². The lowest BCUT2D eigenvalue weighted by Crippen LogP contribution is -2.33. The van der Waals surface area contributed by atoms with Gasteiger partial charge in [0.1, 0.15) is 5.75 Å². The predicted octanol–water partition coefficient (Wildman–Crippen LogP) is 2.90. The first-order chi connectivity index (χ1) is 8.61. The van der Waals surface area contributed by atoms with Crippen molar-refractivity contribution in [3.63, 3.8) is 0 Å². The van der Waals surface area contributed by atoms with E-state index in [0.717, 1.165) is 18.0 Å². The lowest BCUT2D eigenvalue weighted by Gasteiger charge is -2.28. The van der Waals surface area contributed by atoms with Crippen molar-refractivity contribution in [3.05, 3.63) is 23.8 Å². The number of nitrogen functional groups attached to an aromatic ring is 1. The number of hydrogen-bond acceptors (Lipinski definition) is 3. The zero-order chi connectivity index (χ0) is 13.1. The molecule has 0 saturated carbocycles. The minimum absolute atomic E-state index is 0.690. The van der Waals surface area contributed by atoms with Crippen molar-refractivity contribution in [1.29, 1.82) is 0 Å². The van der Waals surface area contributed by atoms with E-state index in [1.165, 1.54) is 24.9 Å². The Balaban J connectivity index is 2.13. The fraction of sp³-hybridized carbons (Fsp3) is 0.600. The summed E-state index contributed by atoms with van der Waals surface area (Å²) in [5.74, 6) is 1.60. The minimum Gasteiger partial charge on any atom is -0.497 e. The molecule has 0 bridgehead atoms. The number of anilines is 1. The van der Waals surface area contributed by atoms with Gasteiger partial charge in [0.15, 0.2) is 0 Å². The summed E-state index contributed by atoms with van der Waals surface area (Å²) in [6.07, 6.45) is 2.61. The molecular formula is C15H24N2O. The molecule has 0 aromatic heterocycles. The van der Waals surface area contributed by atoms with Crippen LogP contribution in [0.5, 0.6) is 5.75 Å². The maximum Gasteiger partial charge on any atom is 0.119 e. The van der Waals surface area contributed by atoms with Crippen LogP contribution in [-0.2, 0) is 6.54 Å². The van der Waals surface area contributed by atoms with Crippen molar-refractivity contribution in [3.8, 4) is 5.75 Å². The maximum absolute atomic E-state index is 6.06. The van der Waals surface area contributed by atoms with E-state index in [-0.39, 0.29) is 0 Å². The number of nitrogens with zero attached hydrogens (tertiary/aromatic N) is 1. The summed E-state index contributed by atoms with van der Waals surface area (Å²) in [6.45, 7) is 6.72. The molecule has 3 heteroatoms. The molecule has 0 radical (unpaired) electrons. The van der Waals surface area contributed by atoms with Crippen LogP contribution >= 0.6 is 0 Å². The summed E-state index contributed by atoms with van der Waals surface area (Å²) in [5, 5.41) is 0. The van der Waals surface area contributed by atoms with Crippen LogP contribution in [-0.4, -0.2) is 24.6 Å². The molecule has 1 unspecified atom stereocenters. The van der Waals surface area contributed by atoms with Gasteiger partial charge in [0.25, 0.3) is 0 Å². The SMILES string of the molecule is COc1ccc(N)c(CN2CCCC2C(C)C)c1. The van der Waals surface area contributed by atoms with Gasteiger partial charge >= 0.3 is 0 Å². The van der Waals surface area contributed by atoms with E-state index in [4.69, 9.17) is 10.5 Å². The van der Waals surface area contributed by atoms with Crippen LogP contribution < -0.4 is 10.5 Å². The average molecular weight is 248 g/mol. The van der Waals surface area contributed by atoms with E-state index in [0.29, 0.717) is 12.0 Å². The van der Waals surface area contributed by atoms with Gasteiger partial charge in [-0.3, -0.25) is 4.90 Å². The van der Waals surface area contributed by atoms with Gasteiger partial charge in [-0.2, -0.15) is 0 Å². The third-order valence-electron chi connectivity index (χ3n) is 3.91. The Kier molecular flexibility index (Phi) is 4.12. The van der Waals surface area contributed by atoms with Crippen molar-refractivity contribution in [1.82, 2.24) is 4.90 Å². The number of ether oxygens (including phenoxy) is 1. The first-order valence-corrected chi connectivity index (χ1v) is 6.78. The number of nitrogens with two attached hydrogens (primary N) is 1. The highest BCUT2D eigenvalue weighted by atomic mass is 16.5. The maximum atomic E-state index is 6.06. The quantitative estimate of drug-likeness (QED) is 0.833. The summed E-state index contributed by atoms with van der Waals surface area (Å²) in [4.78, 5) is 2.55. The van der Waals surface area contributed by atoms with Crippen LogP contribution in [0.15, 0.2) is 18.2 Å². The van der Waals surface area contributed by atoms with Crippen LogP contribution in [0.2, 0.25) is 0 Å².